The fraction of sp³-hybridized carbons (Fsp3) is 0.0270. The second-order valence-electron chi connectivity index (χ2n) is 10.5. The highest BCUT2D eigenvalue weighted by atomic mass is 16.5. The van der Waals surface area contributed by atoms with E-state index >= 15 is 0 Å². The van der Waals surface area contributed by atoms with Crippen molar-refractivity contribution >= 4 is 23.1 Å². The van der Waals surface area contributed by atoms with Crippen LogP contribution in [-0.4, -0.2) is 6.71 Å². The first kappa shape index (κ1) is 22.9. The summed E-state index contributed by atoms with van der Waals surface area (Å²) in [5.74, 6) is 3.52. The second-order valence-corrected chi connectivity index (χ2v) is 10.5. The first-order valence-electron chi connectivity index (χ1n) is 13.7. The molecule has 0 aliphatic carbocycles. The Balaban J connectivity index is 1.35. The molecule has 6 aromatic carbocycles. The third kappa shape index (κ3) is 3.59. The first-order valence-corrected chi connectivity index (χ1v) is 13.7. The third-order valence-corrected chi connectivity index (χ3v) is 8.17. The zero-order valence-electron chi connectivity index (χ0n) is 22.1. The zero-order chi connectivity index (χ0) is 26.6. The topological polar surface area (TPSA) is 18.5 Å². The van der Waals surface area contributed by atoms with Gasteiger partial charge in [-0.1, -0.05) is 109 Å². The van der Waals surface area contributed by atoms with E-state index in [1.165, 1.54) is 16.7 Å². The Labute approximate surface area is 234 Å². The molecule has 0 aromatic heterocycles. The van der Waals surface area contributed by atoms with E-state index in [1.54, 1.807) is 0 Å². The molecule has 188 valence electrons. The number of benzene rings is 6. The van der Waals surface area contributed by atoms with E-state index in [-0.39, 0.29) is 6.71 Å². The van der Waals surface area contributed by atoms with Gasteiger partial charge in [-0.05, 0) is 75.5 Å². The highest BCUT2D eigenvalue weighted by Gasteiger charge is 2.41. The van der Waals surface area contributed by atoms with Crippen LogP contribution in [0, 0.1) is 6.92 Å². The molecule has 2 aliphatic heterocycles. The molecule has 0 fully saturated rings. The molecular formula is C37H25BO2. The number of fused-ring (bicyclic) bond motifs is 4. The lowest BCUT2D eigenvalue weighted by Gasteiger charge is -2.34. The molecule has 0 saturated heterocycles. The Kier molecular flexibility index (Phi) is 5.18. The summed E-state index contributed by atoms with van der Waals surface area (Å²) in [4.78, 5) is 0. The van der Waals surface area contributed by atoms with Crippen LogP contribution in [0.15, 0.2) is 133 Å². The van der Waals surface area contributed by atoms with Crippen LogP contribution >= 0.6 is 0 Å². The molecule has 0 radical (unpaired) electrons. The Hall–Kier alpha value is -5.02. The van der Waals surface area contributed by atoms with Gasteiger partial charge in [-0.3, -0.25) is 0 Å². The predicted molar refractivity (Wildman–Crippen MR) is 165 cm³/mol. The van der Waals surface area contributed by atoms with Gasteiger partial charge in [0.1, 0.15) is 23.0 Å². The molecule has 0 saturated carbocycles. The molecule has 0 bridgehead atoms. The number of rotatable bonds is 3. The lowest BCUT2D eigenvalue weighted by molar-refractivity contribution is 0.466. The molecule has 0 N–H and O–H groups in total. The molecule has 3 heteroatoms. The third-order valence-electron chi connectivity index (χ3n) is 8.17. The van der Waals surface area contributed by atoms with Gasteiger partial charge in [0.25, 0.3) is 6.71 Å². The molecular weight excluding hydrogens is 487 g/mol. The van der Waals surface area contributed by atoms with Crippen molar-refractivity contribution in [3.05, 3.63) is 139 Å². The van der Waals surface area contributed by atoms with Gasteiger partial charge in [0.15, 0.2) is 0 Å². The Morgan fingerprint density at radius 3 is 1.82 bits per heavy atom. The summed E-state index contributed by atoms with van der Waals surface area (Å²) in [6, 6.07) is 47.0. The van der Waals surface area contributed by atoms with E-state index < -0.39 is 0 Å². The maximum Gasteiger partial charge on any atom is 0.260 e. The maximum atomic E-state index is 6.84. The average molecular weight is 512 g/mol. The summed E-state index contributed by atoms with van der Waals surface area (Å²) in [5.41, 5.74) is 11.6. The maximum absolute atomic E-state index is 6.84. The number of ether oxygens (including phenoxy) is 2. The van der Waals surface area contributed by atoms with Gasteiger partial charge in [0.05, 0.1) is 0 Å². The van der Waals surface area contributed by atoms with Crippen molar-refractivity contribution in [2.75, 3.05) is 0 Å². The van der Waals surface area contributed by atoms with Crippen molar-refractivity contribution in [2.24, 2.45) is 0 Å². The molecule has 2 nitrogen and oxygen atoms in total. The van der Waals surface area contributed by atoms with E-state index in [0.717, 1.165) is 61.6 Å². The van der Waals surface area contributed by atoms with Crippen molar-refractivity contribution in [3.63, 3.8) is 0 Å². The van der Waals surface area contributed by atoms with E-state index in [1.807, 2.05) is 12.1 Å². The summed E-state index contributed by atoms with van der Waals surface area (Å²) in [5, 5.41) is 0. The van der Waals surface area contributed by atoms with Crippen LogP contribution in [0.5, 0.6) is 23.0 Å². The average Bonchev–Trinajstić information content (AvgIpc) is 3.01. The lowest BCUT2D eigenvalue weighted by Crippen LogP contribution is -2.57. The van der Waals surface area contributed by atoms with Crippen LogP contribution in [0.2, 0.25) is 0 Å². The van der Waals surface area contributed by atoms with E-state index in [4.69, 9.17) is 9.47 Å². The molecule has 0 spiro atoms. The number of aryl methyl sites for hydroxylation is 1. The minimum atomic E-state index is 0.0110. The SMILES string of the molecule is Cc1ccccc1-c1ccc2c(c1)Oc1c(-c3ccccc3)ccc3c1B2c1ccc(-c2ccccc2)cc1O3. The summed E-state index contributed by atoms with van der Waals surface area (Å²) >= 11 is 0. The quantitative estimate of drug-likeness (QED) is 0.226. The minimum Gasteiger partial charge on any atom is -0.458 e. The van der Waals surface area contributed by atoms with Gasteiger partial charge in [0.2, 0.25) is 0 Å². The Morgan fingerprint density at radius 1 is 0.450 bits per heavy atom. The smallest absolute Gasteiger partial charge is 0.260 e. The molecule has 40 heavy (non-hydrogen) atoms. The molecule has 6 aromatic rings. The summed E-state index contributed by atoms with van der Waals surface area (Å²) in [6.07, 6.45) is 0. The van der Waals surface area contributed by atoms with Crippen molar-refractivity contribution < 1.29 is 9.47 Å². The molecule has 0 amide bonds. The molecule has 0 atom stereocenters. The van der Waals surface area contributed by atoms with Crippen LogP contribution in [0.25, 0.3) is 33.4 Å². The van der Waals surface area contributed by atoms with Crippen LogP contribution in [0.3, 0.4) is 0 Å². The zero-order valence-corrected chi connectivity index (χ0v) is 22.1. The Morgan fingerprint density at radius 2 is 1.07 bits per heavy atom. The number of hydrogen-bond donors (Lipinski definition) is 0. The molecule has 2 heterocycles. The van der Waals surface area contributed by atoms with Gasteiger partial charge in [-0.15, -0.1) is 0 Å². The van der Waals surface area contributed by atoms with Crippen molar-refractivity contribution in [1.29, 1.82) is 0 Å². The number of hydrogen-bond acceptors (Lipinski definition) is 2. The first-order chi connectivity index (χ1) is 19.7. The van der Waals surface area contributed by atoms with Crippen molar-refractivity contribution in [1.82, 2.24) is 0 Å². The van der Waals surface area contributed by atoms with Crippen LogP contribution in [0.4, 0.5) is 0 Å². The van der Waals surface area contributed by atoms with Crippen LogP contribution in [-0.2, 0) is 0 Å². The normalized spacial score (nSPS) is 12.5. The fourth-order valence-corrected chi connectivity index (χ4v) is 6.20. The van der Waals surface area contributed by atoms with Crippen molar-refractivity contribution in [3.8, 4) is 56.4 Å². The Bertz CT molecular complexity index is 1910. The summed E-state index contributed by atoms with van der Waals surface area (Å²) in [7, 11) is 0. The highest BCUT2D eigenvalue weighted by molar-refractivity contribution is 6.98. The highest BCUT2D eigenvalue weighted by Crippen LogP contribution is 2.42. The van der Waals surface area contributed by atoms with E-state index in [0.29, 0.717) is 0 Å². The fourth-order valence-electron chi connectivity index (χ4n) is 6.20. The minimum absolute atomic E-state index is 0.0110. The molecule has 2 aliphatic rings. The van der Waals surface area contributed by atoms with Crippen LogP contribution < -0.4 is 25.9 Å². The van der Waals surface area contributed by atoms with Gasteiger partial charge >= 0.3 is 0 Å². The van der Waals surface area contributed by atoms with Gasteiger partial charge in [-0.25, -0.2) is 0 Å². The molecule has 0 unspecified atom stereocenters. The second kappa shape index (κ2) is 9.03. The lowest BCUT2D eigenvalue weighted by atomic mass is 9.34. The monoisotopic (exact) mass is 512 g/mol. The van der Waals surface area contributed by atoms with E-state index in [2.05, 4.69) is 128 Å². The van der Waals surface area contributed by atoms with Gasteiger partial charge in [0, 0.05) is 11.0 Å². The van der Waals surface area contributed by atoms with E-state index in [9.17, 15) is 0 Å². The van der Waals surface area contributed by atoms with Crippen molar-refractivity contribution in [2.45, 2.75) is 6.92 Å². The standard InChI is InChI=1S/C37H25BO2/c1-24-10-8-9-15-29(24)28-17-20-32-35(23-28)40-37-30(26-13-6-3-7-14-26)18-21-33-36(37)38(32)31-19-16-27(22-34(31)39-33)25-11-4-2-5-12-25/h2-23H,1H3. The predicted octanol–water partition coefficient (Wildman–Crippen LogP) is 7.72. The molecule has 8 rings (SSSR count). The summed E-state index contributed by atoms with van der Waals surface area (Å²) in [6.45, 7) is 2.17. The summed E-state index contributed by atoms with van der Waals surface area (Å²) < 4.78 is 13.5. The van der Waals surface area contributed by atoms with Gasteiger partial charge in [-0.2, -0.15) is 0 Å². The van der Waals surface area contributed by atoms with Gasteiger partial charge < -0.3 is 9.47 Å². The largest absolute Gasteiger partial charge is 0.458 e. The van der Waals surface area contributed by atoms with Crippen LogP contribution in [0.1, 0.15) is 5.56 Å².